The van der Waals surface area contributed by atoms with Crippen molar-refractivity contribution in [1.29, 1.82) is 0 Å². The Morgan fingerprint density at radius 2 is 1.48 bits per heavy atom. The van der Waals surface area contributed by atoms with Crippen LogP contribution in [0.4, 0.5) is 4.79 Å². The number of carbonyl (C=O) groups is 3. The smallest absolute Gasteiger partial charge is 0.724 e. The summed E-state index contributed by atoms with van der Waals surface area (Å²) in [5.74, 6) is -0.170. The number of nitrogens with one attached hydrogen (secondary N) is 2. The largest absolute Gasteiger partial charge is 1.00 e. The molecule has 3 amide bonds. The normalized spacial score (nSPS) is 14.3. The molecule has 0 aromatic heterocycles. The van der Waals surface area contributed by atoms with E-state index in [-0.39, 0.29) is 94.6 Å². The molecular formula is C28H37Cl2KN4O5. The second-order valence-corrected chi connectivity index (χ2v) is 9.95. The summed E-state index contributed by atoms with van der Waals surface area (Å²) in [5.41, 5.74) is 2.04. The van der Waals surface area contributed by atoms with Gasteiger partial charge in [-0.3, -0.25) is 19.7 Å². The van der Waals surface area contributed by atoms with Gasteiger partial charge in [-0.2, -0.15) is 0 Å². The molecule has 1 aliphatic heterocycles. The molecule has 0 aliphatic carbocycles. The van der Waals surface area contributed by atoms with Crippen LogP contribution in [0.1, 0.15) is 46.2 Å². The first-order valence-electron chi connectivity index (χ1n) is 11.9. The first-order chi connectivity index (χ1) is 17.9. The zero-order chi connectivity index (χ0) is 28.8. The molecule has 0 bridgehead atoms. The molecule has 1 aliphatic rings. The van der Waals surface area contributed by atoms with Crippen LogP contribution in [0.3, 0.4) is 0 Å². The van der Waals surface area contributed by atoms with E-state index in [9.17, 15) is 14.4 Å². The Balaban J connectivity index is 0. The first kappa shape index (κ1) is 40.5. The van der Waals surface area contributed by atoms with Crippen LogP contribution in [0, 0.1) is 11.8 Å². The number of urea groups is 1. The summed E-state index contributed by atoms with van der Waals surface area (Å²) < 4.78 is 4.76. The third-order valence-corrected chi connectivity index (χ3v) is 6.06. The Bertz CT molecular complexity index is 1090. The summed E-state index contributed by atoms with van der Waals surface area (Å²) in [6.45, 7) is 8.86. The third kappa shape index (κ3) is 13.8. The number of ether oxygens (including phenoxy) is 1. The van der Waals surface area contributed by atoms with Crippen molar-refractivity contribution < 1.29 is 75.3 Å². The van der Waals surface area contributed by atoms with Crippen LogP contribution in [0.25, 0.3) is 5.41 Å². The molecule has 2 aromatic carbocycles. The van der Waals surface area contributed by atoms with E-state index < -0.39 is 6.04 Å². The van der Waals surface area contributed by atoms with Crippen molar-refractivity contribution in [3.05, 3.63) is 75.1 Å². The van der Waals surface area contributed by atoms with Crippen molar-refractivity contribution in [2.75, 3.05) is 7.11 Å². The van der Waals surface area contributed by atoms with Crippen molar-refractivity contribution in [3.8, 4) is 0 Å². The SMILES string of the molecule is C.CC(C)[C@@H]1C(=O)NC(=O)N1Cc1ccc(Cl)cc1.COC(=O)[C@H](NCc1ccc(Cl)cc1)C(C)C.[K+].[N-]=C=O. The number of isocyanates is 1. The predicted molar refractivity (Wildman–Crippen MR) is 154 cm³/mol. The molecule has 2 N–H and O–H groups in total. The van der Waals surface area contributed by atoms with Crippen LogP contribution in [-0.2, 0) is 32.2 Å². The van der Waals surface area contributed by atoms with E-state index in [1.165, 1.54) is 7.11 Å². The van der Waals surface area contributed by atoms with Gasteiger partial charge >= 0.3 is 63.4 Å². The van der Waals surface area contributed by atoms with E-state index in [1.54, 1.807) is 17.0 Å². The van der Waals surface area contributed by atoms with Gasteiger partial charge in [-0.1, -0.05) is 82.6 Å². The van der Waals surface area contributed by atoms with Gasteiger partial charge in [0, 0.05) is 23.1 Å². The number of nitrogens with zero attached hydrogens (tertiary/aromatic N) is 2. The summed E-state index contributed by atoms with van der Waals surface area (Å²) in [6, 6.07) is 13.8. The molecule has 2 atom stereocenters. The van der Waals surface area contributed by atoms with Gasteiger partial charge < -0.3 is 20.4 Å². The van der Waals surface area contributed by atoms with Gasteiger partial charge in [-0.15, -0.1) is 0 Å². The Morgan fingerprint density at radius 1 is 1.02 bits per heavy atom. The average Bonchev–Trinajstić information content (AvgIpc) is 3.14. The molecule has 3 rings (SSSR count). The molecule has 0 unspecified atom stereocenters. The van der Waals surface area contributed by atoms with Gasteiger partial charge in [0.15, 0.2) is 0 Å². The molecular weight excluding hydrogens is 582 g/mol. The molecule has 40 heavy (non-hydrogen) atoms. The molecule has 0 radical (unpaired) electrons. The number of hydrogen-bond donors (Lipinski definition) is 2. The summed E-state index contributed by atoms with van der Waals surface area (Å²) in [4.78, 5) is 44.7. The Morgan fingerprint density at radius 3 is 1.88 bits per heavy atom. The topological polar surface area (TPSA) is 127 Å². The summed E-state index contributed by atoms with van der Waals surface area (Å²) in [5, 5.41) is 13.7. The van der Waals surface area contributed by atoms with E-state index in [1.807, 2.05) is 64.1 Å². The van der Waals surface area contributed by atoms with E-state index in [0.29, 0.717) is 29.2 Å². The molecule has 0 spiro atoms. The van der Waals surface area contributed by atoms with Crippen LogP contribution >= 0.6 is 23.2 Å². The van der Waals surface area contributed by atoms with E-state index >= 15 is 0 Å². The second-order valence-electron chi connectivity index (χ2n) is 9.08. The van der Waals surface area contributed by atoms with Gasteiger partial charge in [0.2, 0.25) is 0 Å². The standard InChI is InChI=1S/C13H15ClN2O2.C13H18ClNO2.CNO.CH4.K/c1-8(2)11-12(17)15-13(18)16(11)7-9-3-5-10(14)6-4-9;1-9(2)12(13(16)17-3)15-8-10-4-6-11(14)7-5-10;2-1-3;;/h3-6,8,11H,7H2,1-2H3,(H,15,17,18);4-7,9,12,15H,8H2,1-3H3;;1H4;/q;;-1;;+1/t11-;12-;;;/m11.../s1. The maximum atomic E-state index is 11.7. The minimum atomic E-state index is -0.395. The quantitative estimate of drug-likeness (QED) is 0.154. The van der Waals surface area contributed by atoms with Crippen LogP contribution in [0.5, 0.6) is 0 Å². The number of imide groups is 1. The molecule has 12 heteroatoms. The number of esters is 1. The molecule has 2 aromatic rings. The van der Waals surface area contributed by atoms with Gasteiger partial charge in [0.05, 0.1) is 7.11 Å². The minimum Gasteiger partial charge on any atom is -0.724 e. The second kappa shape index (κ2) is 21.2. The fourth-order valence-electron chi connectivity index (χ4n) is 3.69. The van der Waals surface area contributed by atoms with Crippen molar-refractivity contribution in [3.63, 3.8) is 0 Å². The van der Waals surface area contributed by atoms with Crippen LogP contribution in [0.15, 0.2) is 48.5 Å². The van der Waals surface area contributed by atoms with E-state index in [0.717, 1.165) is 11.1 Å². The fourth-order valence-corrected chi connectivity index (χ4v) is 3.94. The monoisotopic (exact) mass is 618 g/mol. The maximum Gasteiger partial charge on any atom is 1.00 e. The number of hydrogen-bond acceptors (Lipinski definition) is 6. The summed E-state index contributed by atoms with van der Waals surface area (Å²) in [7, 11) is 1.40. The van der Waals surface area contributed by atoms with Crippen molar-refractivity contribution >= 4 is 47.2 Å². The molecule has 1 heterocycles. The zero-order valence-corrected chi connectivity index (χ0v) is 27.7. The van der Waals surface area contributed by atoms with Gasteiger partial charge in [0.1, 0.15) is 12.1 Å². The Labute approximate surface area is 289 Å². The zero-order valence-electron chi connectivity index (χ0n) is 23.0. The summed E-state index contributed by atoms with van der Waals surface area (Å²) >= 11 is 11.6. The summed E-state index contributed by atoms with van der Waals surface area (Å²) in [6.07, 6.45) is 0.500. The first-order valence-corrected chi connectivity index (χ1v) is 12.6. The molecule has 1 fully saturated rings. The van der Waals surface area contributed by atoms with Crippen molar-refractivity contribution in [2.24, 2.45) is 11.8 Å². The number of carbonyl (C=O) groups excluding carboxylic acids is 4. The number of benzene rings is 2. The molecule has 1 saturated heterocycles. The van der Waals surface area contributed by atoms with Gasteiger partial charge in [-0.05, 0) is 53.3 Å². The average molecular weight is 620 g/mol. The van der Waals surface area contributed by atoms with E-state index in [4.69, 9.17) is 38.1 Å². The number of rotatable bonds is 8. The minimum absolute atomic E-state index is 0. The third-order valence-electron chi connectivity index (χ3n) is 5.55. The van der Waals surface area contributed by atoms with Gasteiger partial charge in [-0.25, -0.2) is 4.79 Å². The van der Waals surface area contributed by atoms with Crippen LogP contribution < -0.4 is 62.0 Å². The van der Waals surface area contributed by atoms with Crippen LogP contribution in [0.2, 0.25) is 10.0 Å². The Hall–Kier alpha value is -1.59. The van der Waals surface area contributed by atoms with E-state index in [2.05, 4.69) is 10.6 Å². The molecule has 214 valence electrons. The van der Waals surface area contributed by atoms with Crippen LogP contribution in [-0.4, -0.2) is 48.1 Å². The number of amides is 3. The maximum absolute atomic E-state index is 11.7. The molecule has 9 nitrogen and oxygen atoms in total. The number of halogens is 2. The number of methoxy groups -OCH3 is 1. The molecule has 0 saturated carbocycles. The predicted octanol–water partition coefficient (Wildman–Crippen LogP) is 2.58. The van der Waals surface area contributed by atoms with Gasteiger partial charge in [0.25, 0.3) is 5.91 Å². The van der Waals surface area contributed by atoms with Crippen molar-refractivity contribution in [2.45, 2.75) is 60.3 Å². The van der Waals surface area contributed by atoms with Crippen molar-refractivity contribution in [1.82, 2.24) is 15.5 Å². The Kier molecular flexibility index (Phi) is 21.4. The fraction of sp³-hybridized carbons (Fsp3) is 0.429.